The van der Waals surface area contributed by atoms with Gasteiger partial charge in [-0.3, -0.25) is 9.36 Å². The monoisotopic (exact) mass is 390 g/mol. The summed E-state index contributed by atoms with van der Waals surface area (Å²) in [6.07, 6.45) is 1.71. The molecule has 1 amide bonds. The average molecular weight is 391 g/mol. The predicted molar refractivity (Wildman–Crippen MR) is 113 cm³/mol. The van der Waals surface area contributed by atoms with E-state index in [0.717, 1.165) is 16.8 Å². The molecule has 0 aliphatic heterocycles. The van der Waals surface area contributed by atoms with Crippen LogP contribution in [0.3, 0.4) is 0 Å². The van der Waals surface area contributed by atoms with Gasteiger partial charge in [-0.15, -0.1) is 0 Å². The van der Waals surface area contributed by atoms with Crippen molar-refractivity contribution in [1.82, 2.24) is 14.5 Å². The van der Waals surface area contributed by atoms with Crippen molar-refractivity contribution in [3.63, 3.8) is 0 Å². The third-order valence-electron chi connectivity index (χ3n) is 4.77. The molecule has 0 radical (unpaired) electrons. The number of halogens is 1. The zero-order chi connectivity index (χ0) is 19.7. The molecule has 4 rings (SSSR count). The van der Waals surface area contributed by atoms with E-state index in [0.29, 0.717) is 16.5 Å². The number of carbonyl (C=O) groups is 1. The normalized spacial score (nSPS) is 12.1. The number of para-hydroxylation sites is 1. The maximum Gasteiger partial charge on any atom is 0.249 e. The minimum absolute atomic E-state index is 0.0497. The number of nitrogens with zero attached hydrogens (tertiary/aromatic N) is 4. The number of hydrogen-bond acceptors (Lipinski definition) is 3. The first kappa shape index (κ1) is 18.2. The summed E-state index contributed by atoms with van der Waals surface area (Å²) in [6, 6.07) is 20.3. The Balaban J connectivity index is 1.81. The van der Waals surface area contributed by atoms with Gasteiger partial charge >= 0.3 is 0 Å². The van der Waals surface area contributed by atoms with Crippen molar-refractivity contribution in [2.45, 2.75) is 13.0 Å². The van der Waals surface area contributed by atoms with E-state index in [1.165, 1.54) is 0 Å². The van der Waals surface area contributed by atoms with Gasteiger partial charge < -0.3 is 4.90 Å². The van der Waals surface area contributed by atoms with E-state index >= 15 is 0 Å². The van der Waals surface area contributed by atoms with Crippen LogP contribution in [0.4, 0.5) is 5.69 Å². The fraction of sp³-hybridized carbons (Fsp3) is 0.136. The van der Waals surface area contributed by atoms with Crippen molar-refractivity contribution in [2.75, 3.05) is 11.9 Å². The van der Waals surface area contributed by atoms with Crippen LogP contribution in [0.2, 0.25) is 5.02 Å². The molecular weight excluding hydrogens is 372 g/mol. The molecule has 28 heavy (non-hydrogen) atoms. The lowest BCUT2D eigenvalue weighted by Crippen LogP contribution is -2.33. The van der Waals surface area contributed by atoms with Gasteiger partial charge in [0.25, 0.3) is 0 Å². The highest BCUT2D eigenvalue weighted by Crippen LogP contribution is 2.29. The first-order valence-electron chi connectivity index (χ1n) is 8.98. The topological polar surface area (TPSA) is 51.0 Å². The molecule has 0 saturated carbocycles. The second-order valence-electron chi connectivity index (χ2n) is 6.57. The number of imidazole rings is 1. The van der Waals surface area contributed by atoms with Crippen LogP contribution in [-0.4, -0.2) is 27.5 Å². The molecule has 1 atom stereocenters. The van der Waals surface area contributed by atoms with E-state index in [9.17, 15) is 4.79 Å². The van der Waals surface area contributed by atoms with Crippen LogP contribution in [0.15, 0.2) is 72.9 Å². The lowest BCUT2D eigenvalue weighted by molar-refractivity contribution is -0.120. The van der Waals surface area contributed by atoms with Crippen molar-refractivity contribution < 1.29 is 4.79 Å². The number of fused-ring (bicyclic) bond motifs is 1. The molecule has 0 spiro atoms. The first-order valence-corrected chi connectivity index (χ1v) is 9.35. The Bertz CT molecular complexity index is 1120. The fourth-order valence-corrected chi connectivity index (χ4v) is 3.39. The molecule has 140 valence electrons. The summed E-state index contributed by atoms with van der Waals surface area (Å²) in [5.41, 5.74) is 3.14. The molecule has 4 aromatic rings. The Morgan fingerprint density at radius 3 is 2.46 bits per heavy atom. The van der Waals surface area contributed by atoms with Gasteiger partial charge in [-0.05, 0) is 55.5 Å². The maximum absolute atomic E-state index is 13.3. The zero-order valence-electron chi connectivity index (χ0n) is 15.6. The summed E-state index contributed by atoms with van der Waals surface area (Å²) in [5.74, 6) is 0.638. The molecule has 0 aliphatic carbocycles. The Kier molecular flexibility index (Phi) is 4.84. The van der Waals surface area contributed by atoms with Crippen LogP contribution < -0.4 is 4.90 Å². The first-order chi connectivity index (χ1) is 13.6. The van der Waals surface area contributed by atoms with Crippen molar-refractivity contribution in [3.8, 4) is 11.4 Å². The summed E-state index contributed by atoms with van der Waals surface area (Å²) < 4.78 is 1.89. The van der Waals surface area contributed by atoms with Crippen LogP contribution in [0.25, 0.3) is 22.6 Å². The lowest BCUT2D eigenvalue weighted by Gasteiger charge is -2.23. The third kappa shape index (κ3) is 3.25. The number of aromatic nitrogens is 3. The Morgan fingerprint density at radius 2 is 1.75 bits per heavy atom. The van der Waals surface area contributed by atoms with Crippen molar-refractivity contribution in [3.05, 3.63) is 77.9 Å². The number of pyridine rings is 1. The Labute approximate surface area is 168 Å². The number of benzene rings is 2. The summed E-state index contributed by atoms with van der Waals surface area (Å²) in [4.78, 5) is 24.1. The van der Waals surface area contributed by atoms with Crippen LogP contribution in [0.5, 0.6) is 0 Å². The molecule has 0 saturated heterocycles. The van der Waals surface area contributed by atoms with Crippen LogP contribution in [0.1, 0.15) is 13.0 Å². The Morgan fingerprint density at radius 1 is 1.04 bits per heavy atom. The van der Waals surface area contributed by atoms with Crippen molar-refractivity contribution in [2.24, 2.45) is 0 Å². The second-order valence-corrected chi connectivity index (χ2v) is 7.00. The van der Waals surface area contributed by atoms with E-state index in [-0.39, 0.29) is 5.91 Å². The summed E-state index contributed by atoms with van der Waals surface area (Å²) in [6.45, 7) is 1.87. The second kappa shape index (κ2) is 7.44. The lowest BCUT2D eigenvalue weighted by atomic mass is 10.2. The standard InChI is InChI=1S/C22H19ClN4O/c1-15(22(28)26(2)18-7-4-3-5-8-18)27-20(16-10-12-17(23)13-11-16)25-19-9-6-14-24-21(19)27/h3-15H,1-2H3/t15-/m0/s1. The Hall–Kier alpha value is -3.18. The van der Waals surface area contributed by atoms with Gasteiger partial charge in [0.05, 0.1) is 0 Å². The van der Waals surface area contributed by atoms with Crippen LogP contribution >= 0.6 is 11.6 Å². The SMILES string of the molecule is C[C@@H](C(=O)N(C)c1ccccc1)n1c(-c2ccc(Cl)cc2)nc2cccnc21. The van der Waals surface area contributed by atoms with Gasteiger partial charge in [-0.1, -0.05) is 29.8 Å². The highest BCUT2D eigenvalue weighted by molar-refractivity contribution is 6.30. The number of likely N-dealkylation sites (N-methyl/N-ethyl adjacent to an activating group) is 1. The molecule has 2 aromatic carbocycles. The highest BCUT2D eigenvalue weighted by atomic mass is 35.5. The zero-order valence-corrected chi connectivity index (χ0v) is 16.3. The third-order valence-corrected chi connectivity index (χ3v) is 5.02. The predicted octanol–water partition coefficient (Wildman–Crippen LogP) is 4.98. The van der Waals surface area contributed by atoms with Gasteiger partial charge in [0.15, 0.2) is 5.65 Å². The van der Waals surface area contributed by atoms with E-state index in [1.54, 1.807) is 18.1 Å². The smallest absolute Gasteiger partial charge is 0.249 e. The van der Waals surface area contributed by atoms with Crippen molar-refractivity contribution >= 4 is 34.4 Å². The number of amides is 1. The molecule has 0 N–H and O–H groups in total. The van der Waals surface area contributed by atoms with Crippen LogP contribution in [0, 0.1) is 0 Å². The van der Waals surface area contributed by atoms with E-state index < -0.39 is 6.04 Å². The van der Waals surface area contributed by atoms with Crippen LogP contribution in [-0.2, 0) is 4.79 Å². The average Bonchev–Trinajstić information content (AvgIpc) is 3.12. The number of anilines is 1. The van der Waals surface area contributed by atoms with Gasteiger partial charge in [0, 0.05) is 29.5 Å². The molecule has 0 fully saturated rings. The number of carbonyl (C=O) groups excluding carboxylic acids is 1. The van der Waals surface area contributed by atoms with Gasteiger partial charge in [0.1, 0.15) is 17.4 Å². The summed E-state index contributed by atoms with van der Waals surface area (Å²) >= 11 is 6.04. The van der Waals surface area contributed by atoms with Gasteiger partial charge in [-0.2, -0.15) is 0 Å². The molecule has 2 heterocycles. The minimum Gasteiger partial charge on any atom is -0.314 e. The quantitative estimate of drug-likeness (QED) is 0.494. The molecule has 2 aromatic heterocycles. The highest BCUT2D eigenvalue weighted by Gasteiger charge is 2.26. The van der Waals surface area contributed by atoms with Crippen molar-refractivity contribution in [1.29, 1.82) is 0 Å². The molecule has 0 unspecified atom stereocenters. The molecule has 5 nitrogen and oxygen atoms in total. The molecule has 0 aliphatic rings. The summed E-state index contributed by atoms with van der Waals surface area (Å²) in [5, 5.41) is 0.650. The summed E-state index contributed by atoms with van der Waals surface area (Å²) in [7, 11) is 1.78. The molecular formula is C22H19ClN4O. The number of rotatable bonds is 4. The molecule has 0 bridgehead atoms. The minimum atomic E-state index is -0.490. The largest absolute Gasteiger partial charge is 0.314 e. The maximum atomic E-state index is 13.3. The molecule has 6 heteroatoms. The van der Waals surface area contributed by atoms with E-state index in [4.69, 9.17) is 16.6 Å². The van der Waals surface area contributed by atoms with Gasteiger partial charge in [-0.25, -0.2) is 9.97 Å². The number of hydrogen-bond donors (Lipinski definition) is 0. The van der Waals surface area contributed by atoms with Gasteiger partial charge in [0.2, 0.25) is 5.91 Å². The fourth-order valence-electron chi connectivity index (χ4n) is 3.27. The van der Waals surface area contributed by atoms with E-state index in [1.807, 2.05) is 78.2 Å². The van der Waals surface area contributed by atoms with E-state index in [2.05, 4.69) is 4.98 Å².